The molecule has 0 amide bonds. The van der Waals surface area contributed by atoms with E-state index < -0.39 is 0 Å². The molecule has 0 aliphatic heterocycles. The Morgan fingerprint density at radius 2 is 2.00 bits per heavy atom. The van der Waals surface area contributed by atoms with Crippen LogP contribution in [-0.2, 0) is 0 Å². The predicted octanol–water partition coefficient (Wildman–Crippen LogP) is 2.74. The molecule has 1 aromatic heterocycles. The fourth-order valence-electron chi connectivity index (χ4n) is 1.96. The van der Waals surface area contributed by atoms with Gasteiger partial charge in [0.1, 0.15) is 22.1 Å². The smallest absolute Gasteiger partial charge is 0.121 e. The summed E-state index contributed by atoms with van der Waals surface area (Å²) in [5, 5.41) is 9.31. The number of nitriles is 1. The normalized spacial score (nSPS) is 9.75. The lowest BCUT2D eigenvalue weighted by Crippen LogP contribution is -2.02. The van der Waals surface area contributed by atoms with Crippen molar-refractivity contribution < 1.29 is 0 Å². The van der Waals surface area contributed by atoms with Gasteiger partial charge in [-0.15, -0.1) is 6.42 Å². The van der Waals surface area contributed by atoms with Crippen molar-refractivity contribution in [3.05, 3.63) is 39.5 Å². The average Bonchev–Trinajstić information content (AvgIpc) is 2.41. The van der Waals surface area contributed by atoms with Crippen LogP contribution in [-0.4, -0.2) is 4.98 Å². The number of H-pyrrole nitrogens is 1. The Labute approximate surface area is 122 Å². The monoisotopic (exact) mass is 280 g/mol. The number of aromatic amines is 1. The van der Waals surface area contributed by atoms with Crippen LogP contribution in [0.2, 0.25) is 0 Å². The fraction of sp³-hybridized carbons (Fsp3) is 0.0667. The quantitative estimate of drug-likeness (QED) is 0.425. The largest absolute Gasteiger partial charge is 0.398 e. The zero-order valence-corrected chi connectivity index (χ0v) is 11.6. The predicted molar refractivity (Wildman–Crippen MR) is 83.3 cm³/mol. The van der Waals surface area contributed by atoms with E-state index in [0.717, 1.165) is 11.1 Å². The van der Waals surface area contributed by atoms with Gasteiger partial charge in [0.15, 0.2) is 0 Å². The molecule has 5 N–H and O–H groups in total. The first kappa shape index (κ1) is 13.7. The van der Waals surface area contributed by atoms with Gasteiger partial charge in [0.25, 0.3) is 0 Å². The molecule has 0 bridgehead atoms. The maximum atomic E-state index is 9.31. The molecule has 0 saturated carbocycles. The molecule has 1 heterocycles. The molecule has 0 unspecified atom stereocenters. The molecule has 0 spiro atoms. The molecule has 20 heavy (non-hydrogen) atoms. The van der Waals surface area contributed by atoms with E-state index >= 15 is 0 Å². The molecule has 0 fully saturated rings. The molecule has 0 atom stereocenters. The van der Waals surface area contributed by atoms with Crippen LogP contribution >= 0.6 is 12.2 Å². The van der Waals surface area contributed by atoms with Crippen LogP contribution in [0.4, 0.5) is 11.5 Å². The number of hydrogen-bond acceptors (Lipinski definition) is 4. The van der Waals surface area contributed by atoms with E-state index in [1.807, 2.05) is 19.1 Å². The fourth-order valence-corrected chi connectivity index (χ4v) is 2.23. The van der Waals surface area contributed by atoms with E-state index in [4.69, 9.17) is 30.1 Å². The molecule has 0 radical (unpaired) electrons. The summed E-state index contributed by atoms with van der Waals surface area (Å²) < 4.78 is 0.332. The number of anilines is 2. The van der Waals surface area contributed by atoms with E-state index in [1.165, 1.54) is 0 Å². The van der Waals surface area contributed by atoms with Crippen LogP contribution in [0.25, 0.3) is 11.1 Å². The number of benzene rings is 1. The Morgan fingerprint density at radius 1 is 1.30 bits per heavy atom. The first-order chi connectivity index (χ1) is 9.49. The molecule has 0 aliphatic rings. The van der Waals surface area contributed by atoms with Gasteiger partial charge in [-0.3, -0.25) is 0 Å². The Bertz CT molecular complexity index is 835. The molecule has 0 saturated heterocycles. The third-order valence-electron chi connectivity index (χ3n) is 3.07. The van der Waals surface area contributed by atoms with Crippen molar-refractivity contribution in [2.24, 2.45) is 0 Å². The molecule has 0 aliphatic carbocycles. The van der Waals surface area contributed by atoms with E-state index in [1.54, 1.807) is 6.07 Å². The van der Waals surface area contributed by atoms with E-state index in [0.29, 0.717) is 21.5 Å². The number of nitrogens with zero attached hydrogens (tertiary/aromatic N) is 1. The Balaban J connectivity index is 2.92. The first-order valence-corrected chi connectivity index (χ1v) is 6.19. The van der Waals surface area contributed by atoms with E-state index in [9.17, 15) is 5.26 Å². The van der Waals surface area contributed by atoms with Gasteiger partial charge in [0, 0.05) is 11.3 Å². The number of terminal acetylenes is 1. The molecule has 2 rings (SSSR count). The van der Waals surface area contributed by atoms with E-state index in [-0.39, 0.29) is 11.4 Å². The lowest BCUT2D eigenvalue weighted by molar-refractivity contribution is 1.27. The minimum Gasteiger partial charge on any atom is -0.398 e. The van der Waals surface area contributed by atoms with E-state index in [2.05, 4.69) is 17.0 Å². The van der Waals surface area contributed by atoms with Crippen molar-refractivity contribution in [2.45, 2.75) is 6.92 Å². The molecular weight excluding hydrogens is 268 g/mol. The van der Waals surface area contributed by atoms with Crippen LogP contribution < -0.4 is 11.5 Å². The number of nitrogen functional groups attached to an aromatic ring is 2. The Kier molecular flexibility index (Phi) is 3.47. The summed E-state index contributed by atoms with van der Waals surface area (Å²) in [4.78, 5) is 2.74. The van der Waals surface area contributed by atoms with Crippen LogP contribution in [0, 0.1) is 35.2 Å². The lowest BCUT2D eigenvalue weighted by Gasteiger charge is -2.11. The van der Waals surface area contributed by atoms with Gasteiger partial charge < -0.3 is 16.5 Å². The molecular formula is C15H12N4S. The van der Waals surface area contributed by atoms with Crippen molar-refractivity contribution in [1.82, 2.24) is 4.98 Å². The number of aromatic nitrogens is 1. The van der Waals surface area contributed by atoms with Crippen molar-refractivity contribution in [3.63, 3.8) is 0 Å². The van der Waals surface area contributed by atoms with Gasteiger partial charge in [-0.2, -0.15) is 5.26 Å². The lowest BCUT2D eigenvalue weighted by atomic mass is 9.95. The van der Waals surface area contributed by atoms with Gasteiger partial charge in [0.05, 0.1) is 5.56 Å². The van der Waals surface area contributed by atoms with Crippen LogP contribution in [0.1, 0.15) is 16.7 Å². The highest BCUT2D eigenvalue weighted by Gasteiger charge is 2.15. The van der Waals surface area contributed by atoms with Gasteiger partial charge in [-0.25, -0.2) is 0 Å². The number of hydrogen-bond donors (Lipinski definition) is 3. The maximum absolute atomic E-state index is 9.31. The highest BCUT2D eigenvalue weighted by molar-refractivity contribution is 7.71. The highest BCUT2D eigenvalue weighted by Crippen LogP contribution is 2.32. The van der Waals surface area contributed by atoms with Crippen LogP contribution in [0.3, 0.4) is 0 Å². The van der Waals surface area contributed by atoms with Crippen molar-refractivity contribution in [3.8, 4) is 29.5 Å². The number of rotatable bonds is 1. The third-order valence-corrected chi connectivity index (χ3v) is 3.37. The summed E-state index contributed by atoms with van der Waals surface area (Å²) >= 11 is 5.17. The summed E-state index contributed by atoms with van der Waals surface area (Å²) in [6, 6.07) is 7.53. The van der Waals surface area contributed by atoms with Crippen LogP contribution in [0.15, 0.2) is 18.2 Å². The van der Waals surface area contributed by atoms with Crippen molar-refractivity contribution in [2.75, 3.05) is 11.5 Å². The summed E-state index contributed by atoms with van der Waals surface area (Å²) in [5.74, 6) is 2.72. The third kappa shape index (κ3) is 2.11. The summed E-state index contributed by atoms with van der Waals surface area (Å²) in [5.41, 5.74) is 15.3. The SMILES string of the molecule is C#Cc1c(-c2ccc(C)c(N)c2)c(C#N)c(N)[nH]c1=S. The molecule has 2 aromatic rings. The Hall–Kier alpha value is -2.76. The van der Waals surface area contributed by atoms with Gasteiger partial charge in [-0.1, -0.05) is 30.3 Å². The van der Waals surface area contributed by atoms with Gasteiger partial charge >= 0.3 is 0 Å². The summed E-state index contributed by atoms with van der Waals surface area (Å²) in [7, 11) is 0. The molecule has 5 heteroatoms. The number of nitrogens with two attached hydrogens (primary N) is 2. The summed E-state index contributed by atoms with van der Waals surface area (Å²) in [6.45, 7) is 1.90. The van der Waals surface area contributed by atoms with Crippen molar-refractivity contribution >= 4 is 23.7 Å². The highest BCUT2D eigenvalue weighted by atomic mass is 32.1. The summed E-state index contributed by atoms with van der Waals surface area (Å²) in [6.07, 6.45) is 5.51. The topological polar surface area (TPSA) is 91.6 Å². The van der Waals surface area contributed by atoms with Crippen molar-refractivity contribution in [1.29, 1.82) is 5.26 Å². The minimum atomic E-state index is 0.200. The van der Waals surface area contributed by atoms with Crippen LogP contribution in [0.5, 0.6) is 0 Å². The molecule has 4 nitrogen and oxygen atoms in total. The standard InChI is InChI=1S/C15H12N4S/c1-3-10-13(9-5-4-8(2)12(17)6-9)11(7-16)14(18)19-15(10)20/h1,4-6H,17H2,2H3,(H3,18,19,20). The second-order valence-corrected chi connectivity index (χ2v) is 4.73. The first-order valence-electron chi connectivity index (χ1n) is 5.78. The second kappa shape index (κ2) is 5.08. The maximum Gasteiger partial charge on any atom is 0.121 e. The van der Waals surface area contributed by atoms with Gasteiger partial charge in [0.2, 0.25) is 0 Å². The number of pyridine rings is 1. The Morgan fingerprint density at radius 3 is 2.55 bits per heavy atom. The average molecular weight is 280 g/mol. The number of aryl methyl sites for hydroxylation is 1. The van der Waals surface area contributed by atoms with Gasteiger partial charge in [-0.05, 0) is 24.1 Å². The molecule has 98 valence electrons. The second-order valence-electron chi connectivity index (χ2n) is 4.32. The zero-order chi connectivity index (χ0) is 14.9. The number of nitrogens with one attached hydrogen (secondary N) is 1. The molecule has 1 aromatic carbocycles. The minimum absolute atomic E-state index is 0.200. The zero-order valence-electron chi connectivity index (χ0n) is 10.8.